The number of pyridine rings is 1. The molecule has 6 heteroatoms. The second-order valence-electron chi connectivity index (χ2n) is 3.67. The van der Waals surface area contributed by atoms with Gasteiger partial charge in [-0.25, -0.2) is 9.78 Å². The smallest absolute Gasteiger partial charge is 0.343 e. The van der Waals surface area contributed by atoms with Crippen LogP contribution in [0.15, 0.2) is 24.4 Å². The molecule has 2 N–H and O–H groups in total. The first-order valence-corrected chi connectivity index (χ1v) is 5.58. The number of nitrogens with zero attached hydrogens (tertiary/aromatic N) is 3. The highest BCUT2D eigenvalue weighted by Crippen LogP contribution is 2.20. The van der Waals surface area contributed by atoms with Crippen LogP contribution in [0.5, 0.6) is 0 Å². The van der Waals surface area contributed by atoms with Gasteiger partial charge < -0.3 is 10.5 Å². The van der Waals surface area contributed by atoms with E-state index in [1.165, 1.54) is 4.68 Å². The fraction of sp³-hybridized carbons (Fsp3) is 0.250. The summed E-state index contributed by atoms with van der Waals surface area (Å²) in [7, 11) is 0. The molecular formula is C12H14N4O2. The van der Waals surface area contributed by atoms with Crippen LogP contribution in [-0.2, 0) is 4.74 Å². The monoisotopic (exact) mass is 246 g/mol. The molecule has 0 aliphatic rings. The minimum Gasteiger partial charge on any atom is -0.462 e. The number of rotatable bonds is 3. The summed E-state index contributed by atoms with van der Waals surface area (Å²) < 4.78 is 6.38. The van der Waals surface area contributed by atoms with Gasteiger partial charge in [-0.1, -0.05) is 6.07 Å². The molecule has 18 heavy (non-hydrogen) atoms. The number of nitrogens with two attached hydrogens (primary N) is 1. The maximum Gasteiger partial charge on any atom is 0.343 e. The molecule has 0 unspecified atom stereocenters. The molecule has 0 aliphatic heterocycles. The maximum atomic E-state index is 11.8. The van der Waals surface area contributed by atoms with E-state index in [1.54, 1.807) is 32.2 Å². The molecule has 2 aromatic heterocycles. The molecule has 0 fully saturated rings. The molecule has 2 aromatic rings. The standard InChI is InChI=1S/C12H14N4O2/c1-3-18-12(17)10-8(2)15-16(11(10)13)9-6-4-5-7-14-9/h4-7H,3,13H2,1-2H3. The summed E-state index contributed by atoms with van der Waals surface area (Å²) in [6.07, 6.45) is 1.63. The van der Waals surface area contributed by atoms with Crippen molar-refractivity contribution in [2.75, 3.05) is 12.3 Å². The SMILES string of the molecule is CCOC(=O)c1c(C)nn(-c2ccccn2)c1N. The summed E-state index contributed by atoms with van der Waals surface area (Å²) >= 11 is 0. The maximum absolute atomic E-state index is 11.8. The fourth-order valence-electron chi connectivity index (χ4n) is 1.65. The Labute approximate surface area is 104 Å². The van der Waals surface area contributed by atoms with E-state index in [0.29, 0.717) is 23.7 Å². The van der Waals surface area contributed by atoms with Gasteiger partial charge in [0, 0.05) is 6.20 Å². The second kappa shape index (κ2) is 4.87. The van der Waals surface area contributed by atoms with Crippen molar-refractivity contribution in [1.29, 1.82) is 0 Å². The molecule has 0 saturated heterocycles. The molecule has 0 aromatic carbocycles. The predicted molar refractivity (Wildman–Crippen MR) is 66.5 cm³/mol. The van der Waals surface area contributed by atoms with Crippen molar-refractivity contribution in [3.8, 4) is 5.82 Å². The molecule has 0 atom stereocenters. The van der Waals surface area contributed by atoms with Crippen LogP contribution in [0.2, 0.25) is 0 Å². The Morgan fingerprint density at radius 1 is 1.50 bits per heavy atom. The number of aromatic nitrogens is 3. The van der Waals surface area contributed by atoms with Crippen molar-refractivity contribution in [3.05, 3.63) is 35.7 Å². The van der Waals surface area contributed by atoms with Crippen molar-refractivity contribution in [3.63, 3.8) is 0 Å². The zero-order valence-electron chi connectivity index (χ0n) is 10.3. The minimum atomic E-state index is -0.463. The quantitative estimate of drug-likeness (QED) is 0.826. The van der Waals surface area contributed by atoms with Crippen LogP contribution in [0, 0.1) is 6.92 Å². The second-order valence-corrected chi connectivity index (χ2v) is 3.67. The summed E-state index contributed by atoms with van der Waals surface area (Å²) in [6.45, 7) is 3.75. The Kier molecular flexibility index (Phi) is 3.27. The van der Waals surface area contributed by atoms with Crippen LogP contribution in [0.4, 0.5) is 5.82 Å². The van der Waals surface area contributed by atoms with E-state index in [9.17, 15) is 4.79 Å². The third-order valence-corrected chi connectivity index (χ3v) is 2.44. The molecule has 6 nitrogen and oxygen atoms in total. The Morgan fingerprint density at radius 3 is 2.89 bits per heavy atom. The highest BCUT2D eigenvalue weighted by atomic mass is 16.5. The Balaban J connectivity index is 2.47. The summed E-state index contributed by atoms with van der Waals surface area (Å²) in [6, 6.07) is 5.38. The normalized spacial score (nSPS) is 10.3. The molecular weight excluding hydrogens is 232 g/mol. The number of carbonyl (C=O) groups excluding carboxylic acids is 1. The number of carbonyl (C=O) groups is 1. The van der Waals surface area contributed by atoms with Crippen molar-refractivity contribution in [2.24, 2.45) is 0 Å². The molecule has 0 saturated carbocycles. The Bertz CT molecular complexity index is 563. The van der Waals surface area contributed by atoms with Crippen LogP contribution >= 0.6 is 0 Å². The van der Waals surface area contributed by atoms with Gasteiger partial charge in [-0.15, -0.1) is 0 Å². The lowest BCUT2D eigenvalue weighted by Crippen LogP contribution is -2.10. The first-order chi connectivity index (χ1) is 8.65. The third kappa shape index (κ3) is 2.04. The number of nitrogen functional groups attached to an aromatic ring is 1. The number of aryl methyl sites for hydroxylation is 1. The minimum absolute atomic E-state index is 0.240. The van der Waals surface area contributed by atoms with E-state index < -0.39 is 5.97 Å². The lowest BCUT2D eigenvalue weighted by atomic mass is 10.2. The highest BCUT2D eigenvalue weighted by molar-refractivity contribution is 5.95. The van der Waals surface area contributed by atoms with E-state index in [4.69, 9.17) is 10.5 Å². The van der Waals surface area contributed by atoms with Crippen LogP contribution in [-0.4, -0.2) is 27.3 Å². The Morgan fingerprint density at radius 2 is 2.28 bits per heavy atom. The molecule has 0 amide bonds. The zero-order valence-corrected chi connectivity index (χ0v) is 10.3. The van der Waals surface area contributed by atoms with Crippen LogP contribution in [0.3, 0.4) is 0 Å². The van der Waals surface area contributed by atoms with Crippen molar-refractivity contribution in [1.82, 2.24) is 14.8 Å². The molecule has 0 bridgehead atoms. The summed E-state index contributed by atoms with van der Waals surface area (Å²) in [5.41, 5.74) is 6.75. The van der Waals surface area contributed by atoms with Crippen LogP contribution in [0.1, 0.15) is 23.0 Å². The highest BCUT2D eigenvalue weighted by Gasteiger charge is 2.21. The van der Waals surface area contributed by atoms with E-state index in [-0.39, 0.29) is 5.82 Å². The van der Waals surface area contributed by atoms with Gasteiger partial charge in [0.25, 0.3) is 0 Å². The van der Waals surface area contributed by atoms with E-state index in [0.717, 1.165) is 0 Å². The zero-order chi connectivity index (χ0) is 13.1. The first-order valence-electron chi connectivity index (χ1n) is 5.58. The van der Waals surface area contributed by atoms with Crippen LogP contribution in [0.25, 0.3) is 5.82 Å². The molecule has 2 rings (SSSR count). The van der Waals surface area contributed by atoms with Crippen molar-refractivity contribution < 1.29 is 9.53 Å². The average Bonchev–Trinajstić information content (AvgIpc) is 2.66. The molecule has 2 heterocycles. The number of anilines is 1. The van der Waals surface area contributed by atoms with E-state index >= 15 is 0 Å². The largest absolute Gasteiger partial charge is 0.462 e. The van der Waals surface area contributed by atoms with E-state index in [2.05, 4.69) is 10.1 Å². The van der Waals surface area contributed by atoms with E-state index in [1.807, 2.05) is 6.07 Å². The van der Waals surface area contributed by atoms with Crippen LogP contribution < -0.4 is 5.73 Å². The number of esters is 1. The number of hydrogen-bond acceptors (Lipinski definition) is 5. The fourth-order valence-corrected chi connectivity index (χ4v) is 1.65. The summed E-state index contributed by atoms with van der Waals surface area (Å²) in [4.78, 5) is 15.9. The van der Waals surface area contributed by atoms with Gasteiger partial charge in [0.15, 0.2) is 5.82 Å². The summed E-state index contributed by atoms with van der Waals surface area (Å²) in [5, 5.41) is 4.21. The number of ether oxygens (including phenoxy) is 1. The van der Waals surface area contributed by atoms with Crippen molar-refractivity contribution >= 4 is 11.8 Å². The van der Waals surface area contributed by atoms with Gasteiger partial charge in [0.1, 0.15) is 11.4 Å². The van der Waals surface area contributed by atoms with Gasteiger partial charge >= 0.3 is 5.97 Å². The Hall–Kier alpha value is -2.37. The average molecular weight is 246 g/mol. The first kappa shape index (κ1) is 12.1. The van der Waals surface area contributed by atoms with Gasteiger partial charge in [0.2, 0.25) is 0 Å². The van der Waals surface area contributed by atoms with Crippen molar-refractivity contribution in [2.45, 2.75) is 13.8 Å². The molecule has 0 radical (unpaired) electrons. The number of hydrogen-bond donors (Lipinski definition) is 1. The van der Waals surface area contributed by atoms with Gasteiger partial charge in [0.05, 0.1) is 12.3 Å². The summed E-state index contributed by atoms with van der Waals surface area (Å²) in [5.74, 6) is 0.341. The van der Waals surface area contributed by atoms with Gasteiger partial charge in [-0.05, 0) is 26.0 Å². The molecule has 94 valence electrons. The topological polar surface area (TPSA) is 83.0 Å². The lowest BCUT2D eigenvalue weighted by molar-refractivity contribution is 0.0527. The molecule has 0 spiro atoms. The lowest BCUT2D eigenvalue weighted by Gasteiger charge is -2.03. The van der Waals surface area contributed by atoms with Gasteiger partial charge in [-0.2, -0.15) is 9.78 Å². The van der Waals surface area contributed by atoms with Gasteiger partial charge in [-0.3, -0.25) is 0 Å². The molecule has 0 aliphatic carbocycles. The predicted octanol–water partition coefficient (Wildman–Crippen LogP) is 1.33. The third-order valence-electron chi connectivity index (χ3n) is 2.44.